The van der Waals surface area contributed by atoms with Crippen LogP contribution in [-0.4, -0.2) is 28.8 Å². The van der Waals surface area contributed by atoms with E-state index in [0.717, 1.165) is 0 Å². The van der Waals surface area contributed by atoms with Gasteiger partial charge in [-0.1, -0.05) is 13.8 Å². The van der Waals surface area contributed by atoms with Crippen molar-refractivity contribution in [2.45, 2.75) is 46.3 Å². The van der Waals surface area contributed by atoms with Crippen LogP contribution >= 0.6 is 0 Å². The largest absolute Gasteiger partial charge is 0.480 e. The minimum atomic E-state index is -1.06. The molecule has 0 aromatic rings. The Labute approximate surface area is 89.8 Å². The predicted molar refractivity (Wildman–Crippen MR) is 55.6 cm³/mol. The molecule has 0 heterocycles. The van der Waals surface area contributed by atoms with Crippen LogP contribution in [0.3, 0.4) is 0 Å². The fraction of sp³-hybridized carbons (Fsp3) is 0.800. The molecular formula is C10H19NO4. The Kier molecular flexibility index (Phi) is 4.58. The van der Waals surface area contributed by atoms with E-state index in [1.807, 2.05) is 0 Å². The normalized spacial score (nSPS) is 13.5. The van der Waals surface area contributed by atoms with Crippen LogP contribution < -0.4 is 5.32 Å². The summed E-state index contributed by atoms with van der Waals surface area (Å²) in [6.07, 6.45) is -0.705. The smallest absolute Gasteiger partial charge is 0.408 e. The molecule has 15 heavy (non-hydrogen) atoms. The number of nitrogens with one attached hydrogen (secondary N) is 1. The maximum atomic E-state index is 11.3. The summed E-state index contributed by atoms with van der Waals surface area (Å²) in [5, 5.41) is 11.1. The van der Waals surface area contributed by atoms with Crippen molar-refractivity contribution in [3.63, 3.8) is 0 Å². The molecule has 0 saturated heterocycles. The van der Waals surface area contributed by atoms with E-state index in [1.165, 1.54) is 0 Å². The lowest BCUT2D eigenvalue weighted by Crippen LogP contribution is -2.46. The van der Waals surface area contributed by atoms with Gasteiger partial charge in [0.15, 0.2) is 0 Å². The van der Waals surface area contributed by atoms with E-state index in [9.17, 15) is 9.59 Å². The minimum absolute atomic E-state index is 0.185. The standard InChI is InChI=1S/C10H19NO4/c1-6(2)7(8(12)13)11-9(14)15-10(3,4)5/h6-7H,1-5H3,(H,11,14)(H,12,13)/t7-/m0/s1/i1+1,2+1,6+1,7+1,8+1,11+1. The van der Waals surface area contributed by atoms with Crippen LogP contribution in [0.1, 0.15) is 34.6 Å². The zero-order valence-corrected chi connectivity index (χ0v) is 9.83. The number of amides is 1. The zero-order valence-electron chi connectivity index (χ0n) is 9.83. The maximum absolute atomic E-state index is 11.3. The molecule has 5 nitrogen and oxygen atoms in total. The van der Waals surface area contributed by atoms with Gasteiger partial charge in [-0.3, -0.25) is 0 Å². The van der Waals surface area contributed by atoms with Crippen LogP contribution in [0.15, 0.2) is 0 Å². The summed E-state index contributed by atoms with van der Waals surface area (Å²) in [5.41, 5.74) is -0.621. The fourth-order valence-corrected chi connectivity index (χ4v) is 0.948. The summed E-state index contributed by atoms with van der Waals surface area (Å²) in [5.74, 6) is -1.24. The van der Waals surface area contributed by atoms with Gasteiger partial charge in [0.25, 0.3) is 0 Å². The van der Waals surface area contributed by atoms with Gasteiger partial charge in [0.1, 0.15) is 11.6 Å². The molecule has 0 aromatic heterocycles. The number of carboxylic acid groups (broad SMARTS) is 1. The van der Waals surface area contributed by atoms with E-state index in [4.69, 9.17) is 9.84 Å². The van der Waals surface area contributed by atoms with E-state index in [2.05, 4.69) is 5.32 Å². The van der Waals surface area contributed by atoms with Crippen LogP contribution in [0.25, 0.3) is 0 Å². The van der Waals surface area contributed by atoms with Crippen LogP contribution in [-0.2, 0) is 9.53 Å². The summed E-state index contributed by atoms with van der Waals surface area (Å²) in [4.78, 5) is 22.1. The summed E-state index contributed by atoms with van der Waals surface area (Å²) in [7, 11) is 0. The van der Waals surface area contributed by atoms with E-state index >= 15 is 0 Å². The molecule has 0 aliphatic carbocycles. The molecule has 0 aliphatic heterocycles. The van der Waals surface area contributed by atoms with Gasteiger partial charge in [0.2, 0.25) is 0 Å². The summed E-state index contributed by atoms with van der Waals surface area (Å²) in [6.45, 7) is 8.60. The van der Waals surface area contributed by atoms with Gasteiger partial charge in [-0.25, -0.2) is 9.59 Å². The molecule has 88 valence electrons. The summed E-state index contributed by atoms with van der Waals surface area (Å²) in [6, 6.07) is -0.917. The number of rotatable bonds is 3. The Morgan fingerprint density at radius 1 is 1.27 bits per heavy atom. The van der Waals surface area contributed by atoms with E-state index < -0.39 is 23.7 Å². The molecule has 0 radical (unpaired) electrons. The molecule has 0 rings (SSSR count). The minimum Gasteiger partial charge on any atom is -0.480 e. The number of ether oxygens (including phenoxy) is 1. The quantitative estimate of drug-likeness (QED) is 0.563. The van der Waals surface area contributed by atoms with Crippen molar-refractivity contribution >= 4 is 12.1 Å². The van der Waals surface area contributed by atoms with Crippen molar-refractivity contribution in [2.24, 2.45) is 5.92 Å². The van der Waals surface area contributed by atoms with Crippen LogP contribution in [0.2, 0.25) is 0 Å². The molecule has 0 saturated carbocycles. The molecule has 0 bridgehead atoms. The highest BCUT2D eigenvalue weighted by atomic mass is 16.6. The van der Waals surface area contributed by atoms with E-state index in [-0.39, 0.29) is 5.92 Å². The molecule has 0 aliphatic rings. The second-order valence-electron chi connectivity index (χ2n) is 4.71. The average molecular weight is 223 g/mol. The van der Waals surface area contributed by atoms with Gasteiger partial charge in [-0.05, 0) is 26.7 Å². The van der Waals surface area contributed by atoms with Gasteiger partial charge in [-0.15, -0.1) is 0 Å². The van der Waals surface area contributed by atoms with Crippen molar-refractivity contribution < 1.29 is 19.4 Å². The Morgan fingerprint density at radius 3 is 2.00 bits per heavy atom. The second kappa shape index (κ2) is 5.00. The van der Waals surface area contributed by atoms with Crippen molar-refractivity contribution in [1.29, 1.82) is 0 Å². The van der Waals surface area contributed by atoms with Gasteiger partial charge in [-0.2, -0.15) is 0 Å². The highest BCUT2D eigenvalue weighted by Crippen LogP contribution is 2.08. The van der Waals surface area contributed by atoms with Crippen LogP contribution in [0, 0.1) is 5.92 Å². The van der Waals surface area contributed by atoms with Gasteiger partial charge in [0.05, 0.1) is 0 Å². The second-order valence-corrected chi connectivity index (χ2v) is 4.71. The fourth-order valence-electron chi connectivity index (χ4n) is 0.948. The average Bonchev–Trinajstić information content (AvgIpc) is 1.95. The zero-order chi connectivity index (χ0) is 12.2. The molecule has 1 amide bonds. The summed E-state index contributed by atoms with van der Waals surface area (Å²) >= 11 is 0. The molecule has 0 aromatic carbocycles. The monoisotopic (exact) mass is 223 g/mol. The molecule has 5 heteroatoms. The lowest BCUT2D eigenvalue weighted by Gasteiger charge is -2.23. The number of carbonyl (C=O) groups is 2. The first-order valence-electron chi connectivity index (χ1n) is 4.86. The lowest BCUT2D eigenvalue weighted by atomic mass is 10.2. The van der Waals surface area contributed by atoms with Gasteiger partial charge < -0.3 is 15.2 Å². The third kappa shape index (κ3) is 5.93. The first-order valence-corrected chi connectivity index (χ1v) is 4.86. The van der Waals surface area contributed by atoms with Crippen molar-refractivity contribution in [1.82, 2.24) is 5.32 Å². The topological polar surface area (TPSA) is 75.6 Å². The molecule has 0 spiro atoms. The van der Waals surface area contributed by atoms with Gasteiger partial charge >= 0.3 is 12.1 Å². The Hall–Kier alpha value is -1.26. The van der Waals surface area contributed by atoms with Crippen LogP contribution in [0.5, 0.6) is 0 Å². The maximum Gasteiger partial charge on any atom is 0.408 e. The van der Waals surface area contributed by atoms with E-state index in [0.29, 0.717) is 0 Å². The predicted octanol–water partition coefficient (Wildman–Crippen LogP) is 1.62. The van der Waals surface area contributed by atoms with E-state index in [1.54, 1.807) is 34.6 Å². The SMILES string of the molecule is CC(C)(C)OC(=O)[15NH][13C@H]([13C](=O)O)[13CH]([13CH3])[13CH3]. The lowest BCUT2D eigenvalue weighted by molar-refractivity contribution is -0.140. The summed E-state index contributed by atoms with van der Waals surface area (Å²) < 4.78 is 4.96. The van der Waals surface area contributed by atoms with Crippen molar-refractivity contribution in [3.8, 4) is 0 Å². The van der Waals surface area contributed by atoms with Crippen LogP contribution in [0.4, 0.5) is 4.79 Å². The third-order valence-corrected chi connectivity index (χ3v) is 1.60. The van der Waals surface area contributed by atoms with Crippen molar-refractivity contribution in [2.75, 3.05) is 0 Å². The Morgan fingerprint density at radius 2 is 1.73 bits per heavy atom. The number of aliphatic carboxylic acids is 1. The molecule has 2 N–H and O–H groups in total. The Balaban J connectivity index is 4.31. The highest BCUT2D eigenvalue weighted by molar-refractivity contribution is 5.80. The Bertz CT molecular complexity index is 242. The first-order chi connectivity index (χ1) is 6.63. The molecule has 0 fully saturated rings. The first kappa shape index (κ1) is 13.7. The number of carboxylic acids is 1. The number of hydrogen-bond acceptors (Lipinski definition) is 3. The number of carbonyl (C=O) groups excluding carboxylic acids is 1. The number of alkyl carbamates (subject to hydrolysis) is 1. The number of hydrogen-bond donors (Lipinski definition) is 2. The molecule has 0 unspecified atom stereocenters. The highest BCUT2D eigenvalue weighted by Gasteiger charge is 2.26. The van der Waals surface area contributed by atoms with Crippen molar-refractivity contribution in [3.05, 3.63) is 0 Å². The molecule has 1 atom stereocenters. The molecular weight excluding hydrogens is 204 g/mol. The van der Waals surface area contributed by atoms with Gasteiger partial charge in [0, 0.05) is 0 Å². The third-order valence-electron chi connectivity index (χ3n) is 1.60.